The van der Waals surface area contributed by atoms with Crippen LogP contribution in [0, 0.1) is 0 Å². The Morgan fingerprint density at radius 3 is 2.67 bits per heavy atom. The Hall–Kier alpha value is -0.740. The number of benzene rings is 2. The number of rotatable bonds is 2. The summed E-state index contributed by atoms with van der Waals surface area (Å²) in [7, 11) is 1.97. The smallest absolute Gasteiger partial charge is 0.126 e. The molecule has 0 amide bonds. The van der Waals surface area contributed by atoms with E-state index in [0.717, 1.165) is 22.2 Å². The number of hydrogen-bond acceptors (Lipinski definition) is 2. The average molecular weight is 387 g/mol. The van der Waals surface area contributed by atoms with Gasteiger partial charge in [-0.2, -0.15) is 0 Å². The lowest BCUT2D eigenvalue weighted by molar-refractivity contribution is 0.154. The fourth-order valence-corrected chi connectivity index (χ4v) is 3.28. The Morgan fingerprint density at radius 1 is 1.14 bits per heavy atom. The predicted octanol–water partition coefficient (Wildman–Crippen LogP) is 5.54. The van der Waals surface area contributed by atoms with Gasteiger partial charge in [-0.25, -0.2) is 0 Å². The van der Waals surface area contributed by atoms with Gasteiger partial charge in [0.15, 0.2) is 0 Å². The summed E-state index contributed by atoms with van der Waals surface area (Å²) >= 11 is 15.6. The second-order valence-electron chi connectivity index (χ2n) is 5.04. The largest absolute Gasteiger partial charge is 0.485 e. The van der Waals surface area contributed by atoms with E-state index in [4.69, 9.17) is 27.9 Å². The number of fused-ring (bicyclic) bond motifs is 1. The Kier molecular flexibility index (Phi) is 4.46. The van der Waals surface area contributed by atoms with E-state index in [-0.39, 0.29) is 12.1 Å². The van der Waals surface area contributed by atoms with E-state index in [9.17, 15) is 0 Å². The number of hydrogen-bond donors (Lipinski definition) is 1. The molecule has 1 heterocycles. The third-order valence-corrected chi connectivity index (χ3v) is 4.97. The molecule has 5 heteroatoms. The van der Waals surface area contributed by atoms with E-state index in [0.29, 0.717) is 10.0 Å². The molecular weight excluding hydrogens is 373 g/mol. The first kappa shape index (κ1) is 15.2. The van der Waals surface area contributed by atoms with Crippen LogP contribution in [0.3, 0.4) is 0 Å². The van der Waals surface area contributed by atoms with Crippen LogP contribution in [-0.4, -0.2) is 7.05 Å². The second kappa shape index (κ2) is 6.17. The zero-order chi connectivity index (χ0) is 15.0. The molecule has 2 nitrogen and oxygen atoms in total. The summed E-state index contributed by atoms with van der Waals surface area (Å²) in [4.78, 5) is 0. The summed E-state index contributed by atoms with van der Waals surface area (Å²) in [5.74, 6) is 0.894. The van der Waals surface area contributed by atoms with Crippen LogP contribution in [-0.2, 0) is 0 Å². The number of halogens is 3. The molecule has 0 fully saturated rings. The van der Waals surface area contributed by atoms with Crippen molar-refractivity contribution in [3.8, 4) is 5.75 Å². The molecule has 2 aromatic carbocycles. The molecule has 0 radical (unpaired) electrons. The first-order chi connectivity index (χ1) is 10.1. The lowest BCUT2D eigenvalue weighted by Gasteiger charge is -2.32. The summed E-state index contributed by atoms with van der Waals surface area (Å²) in [6.45, 7) is 0. The van der Waals surface area contributed by atoms with E-state index < -0.39 is 0 Å². The lowest BCUT2D eigenvalue weighted by atomic mass is 9.93. The fraction of sp³-hybridized carbons (Fsp3) is 0.250. The quantitative estimate of drug-likeness (QED) is 0.731. The average Bonchev–Trinajstić information content (AvgIpc) is 2.48. The van der Waals surface area contributed by atoms with Gasteiger partial charge in [-0.3, -0.25) is 0 Å². The molecule has 2 atom stereocenters. The highest BCUT2D eigenvalue weighted by molar-refractivity contribution is 9.10. The Bertz CT molecular complexity index is 677. The monoisotopic (exact) mass is 385 g/mol. The van der Waals surface area contributed by atoms with Gasteiger partial charge in [0.05, 0.1) is 10.0 Å². The Balaban J connectivity index is 1.97. The van der Waals surface area contributed by atoms with Crippen molar-refractivity contribution in [2.24, 2.45) is 0 Å². The van der Waals surface area contributed by atoms with Crippen molar-refractivity contribution in [3.05, 3.63) is 62.0 Å². The van der Waals surface area contributed by atoms with Gasteiger partial charge < -0.3 is 10.1 Å². The van der Waals surface area contributed by atoms with Crippen LogP contribution in [0.15, 0.2) is 40.9 Å². The van der Waals surface area contributed by atoms with E-state index in [1.165, 1.54) is 5.56 Å². The zero-order valence-electron chi connectivity index (χ0n) is 11.4. The van der Waals surface area contributed by atoms with Gasteiger partial charge in [0.25, 0.3) is 0 Å². The molecule has 0 aliphatic carbocycles. The first-order valence-corrected chi connectivity index (χ1v) is 8.21. The molecule has 3 rings (SSSR count). The van der Waals surface area contributed by atoms with Crippen LogP contribution in [0.5, 0.6) is 5.75 Å². The predicted molar refractivity (Wildman–Crippen MR) is 90.4 cm³/mol. The molecule has 0 saturated carbocycles. The minimum atomic E-state index is -0.0426. The van der Waals surface area contributed by atoms with E-state index in [1.807, 2.05) is 37.4 Å². The van der Waals surface area contributed by atoms with Crippen molar-refractivity contribution in [1.82, 2.24) is 5.32 Å². The minimum absolute atomic E-state index is 0.0426. The molecule has 1 aliphatic rings. The molecule has 0 bridgehead atoms. The molecular formula is C16H14BrCl2NO. The Labute approximate surface area is 142 Å². The molecule has 0 saturated heterocycles. The first-order valence-electron chi connectivity index (χ1n) is 6.67. The van der Waals surface area contributed by atoms with Gasteiger partial charge in [0.2, 0.25) is 0 Å². The minimum Gasteiger partial charge on any atom is -0.485 e. The Morgan fingerprint density at radius 2 is 1.95 bits per heavy atom. The van der Waals surface area contributed by atoms with Crippen molar-refractivity contribution < 1.29 is 4.74 Å². The zero-order valence-corrected chi connectivity index (χ0v) is 14.5. The second-order valence-corrected chi connectivity index (χ2v) is 6.77. The van der Waals surface area contributed by atoms with Gasteiger partial charge in [0, 0.05) is 22.5 Å². The normalized spacial score (nSPS) is 20.8. The summed E-state index contributed by atoms with van der Waals surface area (Å²) in [5.41, 5.74) is 2.22. The van der Waals surface area contributed by atoms with Crippen LogP contribution in [0.1, 0.15) is 29.7 Å². The van der Waals surface area contributed by atoms with Gasteiger partial charge in [0.1, 0.15) is 11.9 Å². The molecule has 2 aromatic rings. The van der Waals surface area contributed by atoms with Gasteiger partial charge in [-0.05, 0) is 36.9 Å². The summed E-state index contributed by atoms with van der Waals surface area (Å²) in [6, 6.07) is 12.0. The van der Waals surface area contributed by atoms with E-state index in [2.05, 4.69) is 27.3 Å². The topological polar surface area (TPSA) is 21.3 Å². The maximum atomic E-state index is 6.15. The molecule has 2 unspecified atom stereocenters. The molecule has 0 spiro atoms. The van der Waals surface area contributed by atoms with Gasteiger partial charge in [-0.1, -0.05) is 51.3 Å². The van der Waals surface area contributed by atoms with Crippen molar-refractivity contribution in [2.75, 3.05) is 7.05 Å². The van der Waals surface area contributed by atoms with E-state index >= 15 is 0 Å². The SMILES string of the molecule is CNC1CC(c2ccc(Cl)c(Cl)c2)Oc2cc(Br)ccc21. The maximum absolute atomic E-state index is 6.15. The third kappa shape index (κ3) is 3.07. The van der Waals surface area contributed by atoms with Gasteiger partial charge >= 0.3 is 0 Å². The highest BCUT2D eigenvalue weighted by Gasteiger charge is 2.28. The highest BCUT2D eigenvalue weighted by Crippen LogP contribution is 2.42. The third-order valence-electron chi connectivity index (χ3n) is 3.73. The molecule has 0 aromatic heterocycles. The van der Waals surface area contributed by atoms with Gasteiger partial charge in [-0.15, -0.1) is 0 Å². The molecule has 1 N–H and O–H groups in total. The van der Waals surface area contributed by atoms with Crippen LogP contribution >= 0.6 is 39.1 Å². The van der Waals surface area contributed by atoms with Crippen molar-refractivity contribution in [2.45, 2.75) is 18.6 Å². The van der Waals surface area contributed by atoms with Crippen molar-refractivity contribution in [3.63, 3.8) is 0 Å². The molecule has 21 heavy (non-hydrogen) atoms. The summed E-state index contributed by atoms with van der Waals surface area (Å²) < 4.78 is 7.16. The summed E-state index contributed by atoms with van der Waals surface area (Å²) in [5, 5.41) is 4.47. The standard InChI is InChI=1S/C16H14BrCl2NO/c1-20-14-8-15(9-2-5-12(18)13(19)6-9)21-16-7-10(17)3-4-11(14)16/h2-7,14-15,20H,8H2,1H3. The number of nitrogens with one attached hydrogen (secondary N) is 1. The fourth-order valence-electron chi connectivity index (χ4n) is 2.63. The van der Waals surface area contributed by atoms with Crippen LogP contribution in [0.4, 0.5) is 0 Å². The van der Waals surface area contributed by atoms with Crippen LogP contribution in [0.2, 0.25) is 10.0 Å². The molecule has 1 aliphatic heterocycles. The molecule has 110 valence electrons. The highest BCUT2D eigenvalue weighted by atomic mass is 79.9. The number of ether oxygens (including phenoxy) is 1. The van der Waals surface area contributed by atoms with Crippen LogP contribution in [0.25, 0.3) is 0 Å². The van der Waals surface area contributed by atoms with Crippen molar-refractivity contribution >= 4 is 39.1 Å². The van der Waals surface area contributed by atoms with E-state index in [1.54, 1.807) is 0 Å². The van der Waals surface area contributed by atoms with Crippen molar-refractivity contribution in [1.29, 1.82) is 0 Å². The lowest BCUT2D eigenvalue weighted by Crippen LogP contribution is -2.26. The maximum Gasteiger partial charge on any atom is 0.126 e. The summed E-state index contributed by atoms with van der Waals surface area (Å²) in [6.07, 6.45) is 0.808. The van der Waals surface area contributed by atoms with Crippen LogP contribution < -0.4 is 10.1 Å².